The third-order valence-corrected chi connectivity index (χ3v) is 5.55. The summed E-state index contributed by atoms with van der Waals surface area (Å²) in [5.41, 5.74) is 0. The lowest BCUT2D eigenvalue weighted by atomic mass is 10.0. The van der Waals surface area contributed by atoms with Crippen molar-refractivity contribution in [1.82, 2.24) is 15.2 Å². The average Bonchev–Trinajstić information content (AvgIpc) is 3.33. The Hall–Kier alpha value is -2.42. The topological polar surface area (TPSA) is 108 Å². The van der Waals surface area contributed by atoms with Crippen molar-refractivity contribution in [2.24, 2.45) is 0 Å². The van der Waals surface area contributed by atoms with E-state index in [1.165, 1.54) is 12.6 Å². The molecule has 2 fully saturated rings. The van der Waals surface area contributed by atoms with Crippen LogP contribution in [0.1, 0.15) is 29.8 Å². The molecule has 0 radical (unpaired) electrons. The number of aliphatic hydroxyl groups is 2. The number of hydrogen-bond acceptors (Lipinski definition) is 7. The fourth-order valence-corrected chi connectivity index (χ4v) is 4.14. The smallest absolute Gasteiger partial charge is 0.288 e. The summed E-state index contributed by atoms with van der Waals surface area (Å²) < 4.78 is 11.1. The van der Waals surface area contributed by atoms with Gasteiger partial charge in [0.05, 0.1) is 24.4 Å². The van der Waals surface area contributed by atoms with E-state index in [0.29, 0.717) is 38.1 Å². The number of benzene rings is 1. The molecule has 28 heavy (non-hydrogen) atoms. The number of ether oxygens (including phenoxy) is 1. The first-order valence-electron chi connectivity index (χ1n) is 9.63. The number of likely N-dealkylation sites (tertiary alicyclic amines) is 1. The number of nitrogens with one attached hydrogen (secondary N) is 1. The SMILES string of the molecule is O=C(N[C@@H]1C[C@@H](Oc2ccccc2)[C@H](O)[C@H]1N1CCC(O)CC1)c1cnco1. The minimum atomic E-state index is -0.768. The molecule has 1 aromatic carbocycles. The number of aliphatic hydroxyl groups excluding tert-OH is 2. The second-order valence-corrected chi connectivity index (χ2v) is 7.40. The van der Waals surface area contributed by atoms with Gasteiger partial charge in [0.2, 0.25) is 5.76 Å². The lowest BCUT2D eigenvalue weighted by Gasteiger charge is -2.38. The minimum Gasteiger partial charge on any atom is -0.488 e. The van der Waals surface area contributed by atoms with E-state index < -0.39 is 12.2 Å². The van der Waals surface area contributed by atoms with Crippen molar-refractivity contribution in [3.05, 3.63) is 48.7 Å². The highest BCUT2D eigenvalue weighted by Crippen LogP contribution is 2.31. The first-order chi connectivity index (χ1) is 13.6. The van der Waals surface area contributed by atoms with Crippen molar-refractivity contribution in [2.45, 2.75) is 49.7 Å². The fraction of sp³-hybridized carbons (Fsp3) is 0.500. The summed E-state index contributed by atoms with van der Waals surface area (Å²) in [5, 5.41) is 23.8. The molecule has 0 spiro atoms. The molecule has 2 aliphatic rings. The largest absolute Gasteiger partial charge is 0.488 e. The molecular formula is C20H25N3O5. The van der Waals surface area contributed by atoms with Gasteiger partial charge in [-0.25, -0.2) is 4.98 Å². The van der Waals surface area contributed by atoms with Crippen molar-refractivity contribution in [1.29, 1.82) is 0 Å². The fourth-order valence-electron chi connectivity index (χ4n) is 4.14. The predicted octanol–water partition coefficient (Wildman–Crippen LogP) is 0.810. The maximum Gasteiger partial charge on any atom is 0.288 e. The maximum atomic E-state index is 12.5. The minimum absolute atomic E-state index is 0.134. The number of hydrogen-bond donors (Lipinski definition) is 3. The van der Waals surface area contributed by atoms with Crippen LogP contribution in [0.25, 0.3) is 0 Å². The van der Waals surface area contributed by atoms with Gasteiger partial charge in [-0.2, -0.15) is 0 Å². The highest BCUT2D eigenvalue weighted by molar-refractivity contribution is 5.91. The van der Waals surface area contributed by atoms with Gasteiger partial charge in [-0.15, -0.1) is 0 Å². The normalized spacial score (nSPS) is 28.9. The van der Waals surface area contributed by atoms with Gasteiger partial charge in [0.1, 0.15) is 18.0 Å². The number of nitrogens with zero attached hydrogens (tertiary/aromatic N) is 2. The summed E-state index contributed by atoms with van der Waals surface area (Å²) >= 11 is 0. The standard InChI is InChI=1S/C20H25N3O5/c24-13-6-8-23(9-7-13)18-15(22-20(26)17-11-21-12-27-17)10-16(19(18)25)28-14-4-2-1-3-5-14/h1-5,11-13,15-16,18-19,24-25H,6-10H2,(H,22,26)/t15-,16-,18+,19+/m1/s1. The van der Waals surface area contributed by atoms with E-state index in [-0.39, 0.29) is 29.9 Å². The number of oxazole rings is 1. The number of aromatic nitrogens is 1. The van der Waals surface area contributed by atoms with Gasteiger partial charge in [0.15, 0.2) is 6.39 Å². The molecule has 4 atom stereocenters. The zero-order valence-electron chi connectivity index (χ0n) is 15.5. The van der Waals surface area contributed by atoms with Gasteiger partial charge in [-0.3, -0.25) is 9.69 Å². The summed E-state index contributed by atoms with van der Waals surface area (Å²) in [6.45, 7) is 1.32. The van der Waals surface area contributed by atoms with Crippen LogP contribution in [0, 0.1) is 0 Å². The molecule has 1 saturated heterocycles. The van der Waals surface area contributed by atoms with Crippen LogP contribution in [-0.2, 0) is 0 Å². The molecule has 1 saturated carbocycles. The summed E-state index contributed by atoms with van der Waals surface area (Å²) in [6, 6.07) is 8.75. The van der Waals surface area contributed by atoms with E-state index >= 15 is 0 Å². The number of rotatable bonds is 5. The first kappa shape index (κ1) is 18.9. The Kier molecular flexibility index (Phi) is 5.61. The highest BCUT2D eigenvalue weighted by Gasteiger charge is 2.48. The zero-order chi connectivity index (χ0) is 19.5. The summed E-state index contributed by atoms with van der Waals surface area (Å²) in [5.74, 6) is 0.452. The summed E-state index contributed by atoms with van der Waals surface area (Å²) in [7, 11) is 0. The van der Waals surface area contributed by atoms with Gasteiger partial charge in [0, 0.05) is 19.5 Å². The Morgan fingerprint density at radius 2 is 1.96 bits per heavy atom. The average molecular weight is 387 g/mol. The van der Waals surface area contributed by atoms with Crippen LogP contribution in [-0.4, -0.2) is 69.5 Å². The zero-order valence-corrected chi connectivity index (χ0v) is 15.5. The molecule has 1 aromatic heterocycles. The van der Waals surface area contributed by atoms with Gasteiger partial charge < -0.3 is 24.7 Å². The summed E-state index contributed by atoms with van der Waals surface area (Å²) in [4.78, 5) is 18.4. The van der Waals surface area contributed by atoms with Crippen LogP contribution < -0.4 is 10.1 Å². The monoisotopic (exact) mass is 387 g/mol. The second kappa shape index (κ2) is 8.30. The van der Waals surface area contributed by atoms with E-state index in [2.05, 4.69) is 15.2 Å². The Bertz CT molecular complexity index is 761. The first-order valence-corrected chi connectivity index (χ1v) is 9.63. The van der Waals surface area contributed by atoms with Crippen LogP contribution in [0.4, 0.5) is 0 Å². The third kappa shape index (κ3) is 4.04. The van der Waals surface area contributed by atoms with Gasteiger partial charge in [-0.05, 0) is 25.0 Å². The molecule has 1 aliphatic carbocycles. The molecule has 2 heterocycles. The van der Waals surface area contributed by atoms with E-state index in [9.17, 15) is 15.0 Å². The lowest BCUT2D eigenvalue weighted by molar-refractivity contribution is -0.0145. The molecule has 2 aromatic rings. The molecule has 1 amide bonds. The quantitative estimate of drug-likeness (QED) is 0.697. The van der Waals surface area contributed by atoms with E-state index in [4.69, 9.17) is 9.15 Å². The van der Waals surface area contributed by atoms with E-state index in [1.54, 1.807) is 0 Å². The number of piperidine rings is 1. The van der Waals surface area contributed by atoms with Gasteiger partial charge in [0.25, 0.3) is 5.91 Å². The second-order valence-electron chi connectivity index (χ2n) is 7.40. The number of carbonyl (C=O) groups excluding carboxylic acids is 1. The van der Waals surface area contributed by atoms with Crippen molar-refractivity contribution >= 4 is 5.91 Å². The van der Waals surface area contributed by atoms with Crippen LogP contribution in [0.2, 0.25) is 0 Å². The van der Waals surface area contributed by atoms with Gasteiger partial charge >= 0.3 is 0 Å². The molecule has 0 unspecified atom stereocenters. The van der Waals surface area contributed by atoms with E-state index in [1.807, 2.05) is 30.3 Å². The highest BCUT2D eigenvalue weighted by atomic mass is 16.5. The molecule has 1 aliphatic heterocycles. The molecule has 4 rings (SSSR count). The predicted molar refractivity (Wildman–Crippen MR) is 99.8 cm³/mol. The molecule has 0 bridgehead atoms. The molecule has 8 heteroatoms. The lowest BCUT2D eigenvalue weighted by Crippen LogP contribution is -2.55. The van der Waals surface area contributed by atoms with Crippen molar-refractivity contribution in [2.75, 3.05) is 13.1 Å². The van der Waals surface area contributed by atoms with Crippen molar-refractivity contribution in [3.8, 4) is 5.75 Å². The number of carbonyl (C=O) groups is 1. The maximum absolute atomic E-state index is 12.5. The molecule has 3 N–H and O–H groups in total. The van der Waals surface area contributed by atoms with Crippen LogP contribution in [0.5, 0.6) is 5.75 Å². The van der Waals surface area contributed by atoms with E-state index in [0.717, 1.165) is 0 Å². The van der Waals surface area contributed by atoms with Crippen molar-refractivity contribution in [3.63, 3.8) is 0 Å². The Labute approximate surface area is 163 Å². The van der Waals surface area contributed by atoms with Crippen LogP contribution >= 0.6 is 0 Å². The number of para-hydroxylation sites is 1. The Morgan fingerprint density at radius 1 is 1.21 bits per heavy atom. The molecule has 8 nitrogen and oxygen atoms in total. The van der Waals surface area contributed by atoms with Crippen molar-refractivity contribution < 1.29 is 24.2 Å². The van der Waals surface area contributed by atoms with Crippen LogP contribution in [0.3, 0.4) is 0 Å². The summed E-state index contributed by atoms with van der Waals surface area (Å²) in [6.07, 6.45) is 2.82. The Morgan fingerprint density at radius 3 is 2.64 bits per heavy atom. The molecular weight excluding hydrogens is 362 g/mol. The van der Waals surface area contributed by atoms with Gasteiger partial charge in [-0.1, -0.05) is 18.2 Å². The Balaban J connectivity index is 1.51. The van der Waals surface area contributed by atoms with Crippen LogP contribution in [0.15, 0.2) is 47.3 Å². The molecule has 150 valence electrons. The third-order valence-electron chi connectivity index (χ3n) is 5.55. The number of amides is 1.